The number of benzene rings is 1. The monoisotopic (exact) mass is 346 g/mol. The summed E-state index contributed by atoms with van der Waals surface area (Å²) in [7, 11) is 3.21. The first-order chi connectivity index (χ1) is 11.6. The molecule has 0 bridgehead atoms. The molecule has 1 aromatic carbocycles. The first kappa shape index (κ1) is 16.8. The van der Waals surface area contributed by atoms with Crippen LogP contribution in [0.4, 0.5) is 0 Å². The maximum absolute atomic E-state index is 12.8. The van der Waals surface area contributed by atoms with Gasteiger partial charge < -0.3 is 14.8 Å². The predicted molar refractivity (Wildman–Crippen MR) is 97.0 cm³/mol. The molecule has 2 aliphatic rings. The van der Waals surface area contributed by atoms with Gasteiger partial charge in [0.15, 0.2) is 5.11 Å². The molecule has 0 aromatic heterocycles. The van der Waals surface area contributed by atoms with Crippen molar-refractivity contribution in [2.75, 3.05) is 14.2 Å². The Morgan fingerprint density at radius 1 is 1.21 bits per heavy atom. The number of amides is 1. The van der Waals surface area contributed by atoms with Gasteiger partial charge in [-0.15, -0.1) is 0 Å². The average molecular weight is 346 g/mol. The fourth-order valence-electron chi connectivity index (χ4n) is 3.33. The van der Waals surface area contributed by atoms with Crippen molar-refractivity contribution >= 4 is 29.3 Å². The van der Waals surface area contributed by atoms with Gasteiger partial charge in [-0.1, -0.05) is 19.3 Å². The molecule has 24 heavy (non-hydrogen) atoms. The zero-order valence-corrected chi connectivity index (χ0v) is 14.8. The molecule has 0 spiro atoms. The first-order valence-corrected chi connectivity index (χ1v) is 8.63. The van der Waals surface area contributed by atoms with Crippen LogP contribution in [0.15, 0.2) is 23.9 Å². The second kappa shape index (κ2) is 7.21. The minimum atomic E-state index is -0.0585. The second-order valence-electron chi connectivity index (χ2n) is 6.06. The van der Waals surface area contributed by atoms with Gasteiger partial charge >= 0.3 is 0 Å². The highest BCUT2D eigenvalue weighted by atomic mass is 32.1. The molecule has 0 radical (unpaired) electrons. The topological polar surface area (TPSA) is 50.8 Å². The number of methoxy groups -OCH3 is 2. The molecule has 1 aromatic rings. The summed E-state index contributed by atoms with van der Waals surface area (Å²) in [6.45, 7) is 0. The highest BCUT2D eigenvalue weighted by Gasteiger charge is 2.36. The van der Waals surface area contributed by atoms with Crippen molar-refractivity contribution in [3.05, 3.63) is 29.5 Å². The third-order valence-electron chi connectivity index (χ3n) is 4.59. The van der Waals surface area contributed by atoms with Crippen molar-refractivity contribution in [3.63, 3.8) is 0 Å². The van der Waals surface area contributed by atoms with Crippen LogP contribution in [0.2, 0.25) is 0 Å². The molecule has 0 atom stereocenters. The van der Waals surface area contributed by atoms with Gasteiger partial charge in [-0.05, 0) is 49.3 Å². The van der Waals surface area contributed by atoms with Gasteiger partial charge in [-0.2, -0.15) is 0 Å². The van der Waals surface area contributed by atoms with Crippen LogP contribution in [0, 0.1) is 0 Å². The molecule has 5 nitrogen and oxygen atoms in total. The molecule has 0 unspecified atom stereocenters. The lowest BCUT2D eigenvalue weighted by molar-refractivity contribution is -0.124. The number of nitrogens with zero attached hydrogens (tertiary/aromatic N) is 1. The minimum Gasteiger partial charge on any atom is -0.497 e. The summed E-state index contributed by atoms with van der Waals surface area (Å²) < 4.78 is 10.6. The van der Waals surface area contributed by atoms with E-state index in [1.54, 1.807) is 25.2 Å². The van der Waals surface area contributed by atoms with Gasteiger partial charge in [0.1, 0.15) is 17.2 Å². The lowest BCUT2D eigenvalue weighted by atomic mass is 9.94. The molecular weight excluding hydrogens is 324 g/mol. The summed E-state index contributed by atoms with van der Waals surface area (Å²) in [5.41, 5.74) is 1.26. The summed E-state index contributed by atoms with van der Waals surface area (Å²) in [5, 5.41) is 3.56. The highest BCUT2D eigenvalue weighted by molar-refractivity contribution is 7.80. The Labute approximate surface area is 147 Å². The predicted octanol–water partition coefficient (Wildman–Crippen LogP) is 3.09. The number of ether oxygens (including phenoxy) is 2. The van der Waals surface area contributed by atoms with E-state index in [9.17, 15) is 4.79 Å². The summed E-state index contributed by atoms with van der Waals surface area (Å²) in [6, 6.07) is 5.70. The van der Waals surface area contributed by atoms with Gasteiger partial charge in [0.05, 0.1) is 14.2 Å². The number of carbonyl (C=O) groups is 1. The second-order valence-corrected chi connectivity index (χ2v) is 6.45. The zero-order valence-electron chi connectivity index (χ0n) is 14.0. The summed E-state index contributed by atoms with van der Waals surface area (Å²) >= 11 is 5.40. The van der Waals surface area contributed by atoms with Crippen LogP contribution >= 0.6 is 12.2 Å². The van der Waals surface area contributed by atoms with Gasteiger partial charge in [-0.3, -0.25) is 9.69 Å². The Bertz CT molecular complexity index is 681. The molecule has 1 saturated carbocycles. The van der Waals surface area contributed by atoms with Crippen LogP contribution < -0.4 is 14.8 Å². The quantitative estimate of drug-likeness (QED) is 0.671. The van der Waals surface area contributed by atoms with Crippen LogP contribution in [-0.4, -0.2) is 36.2 Å². The van der Waals surface area contributed by atoms with Crippen molar-refractivity contribution in [2.24, 2.45) is 0 Å². The van der Waals surface area contributed by atoms with Crippen LogP contribution in [0.25, 0.3) is 6.08 Å². The Morgan fingerprint density at radius 3 is 2.62 bits per heavy atom. The molecule has 1 aliphatic heterocycles. The van der Waals surface area contributed by atoms with E-state index in [1.807, 2.05) is 18.2 Å². The molecule has 1 amide bonds. The molecule has 3 rings (SSSR count). The van der Waals surface area contributed by atoms with Crippen molar-refractivity contribution in [1.82, 2.24) is 10.2 Å². The van der Waals surface area contributed by atoms with Crippen molar-refractivity contribution in [3.8, 4) is 11.5 Å². The Morgan fingerprint density at radius 2 is 1.96 bits per heavy atom. The molecule has 128 valence electrons. The van der Waals surface area contributed by atoms with Crippen LogP contribution in [-0.2, 0) is 4.79 Å². The molecule has 6 heteroatoms. The van der Waals surface area contributed by atoms with Crippen LogP contribution in [0.1, 0.15) is 37.7 Å². The van der Waals surface area contributed by atoms with Crippen molar-refractivity contribution < 1.29 is 14.3 Å². The van der Waals surface area contributed by atoms with E-state index < -0.39 is 0 Å². The Kier molecular flexibility index (Phi) is 5.04. The molecule has 1 heterocycles. The number of rotatable bonds is 4. The highest BCUT2D eigenvalue weighted by Crippen LogP contribution is 2.29. The minimum absolute atomic E-state index is 0.0585. The first-order valence-electron chi connectivity index (χ1n) is 8.22. The smallest absolute Gasteiger partial charge is 0.276 e. The molecular formula is C18H22N2O3S. The van der Waals surface area contributed by atoms with E-state index in [2.05, 4.69) is 5.32 Å². The number of carbonyl (C=O) groups excluding carboxylic acids is 1. The molecule has 1 N–H and O–H groups in total. The zero-order chi connectivity index (χ0) is 17.1. The van der Waals surface area contributed by atoms with Crippen molar-refractivity contribution in [1.29, 1.82) is 0 Å². The Hall–Kier alpha value is -2.08. The largest absolute Gasteiger partial charge is 0.497 e. The van der Waals surface area contributed by atoms with Gasteiger partial charge in [0.2, 0.25) is 0 Å². The third kappa shape index (κ3) is 3.24. The fraction of sp³-hybridized carbons (Fsp3) is 0.444. The van der Waals surface area contributed by atoms with Crippen LogP contribution in [0.5, 0.6) is 11.5 Å². The lowest BCUT2D eigenvalue weighted by Crippen LogP contribution is -2.41. The maximum atomic E-state index is 12.8. The standard InChI is InChI=1S/C18H22N2O3S/c1-22-14-8-9-16(23-2)12(10-14)11-15-17(21)20(18(24)19-15)13-6-4-3-5-7-13/h8-11,13H,3-7H2,1-2H3,(H,19,24). The normalized spacial score (nSPS) is 20.4. The van der Waals surface area contributed by atoms with E-state index in [-0.39, 0.29) is 11.9 Å². The van der Waals surface area contributed by atoms with Gasteiger partial charge in [0.25, 0.3) is 5.91 Å². The lowest BCUT2D eigenvalue weighted by Gasteiger charge is -2.29. The van der Waals surface area contributed by atoms with Crippen molar-refractivity contribution in [2.45, 2.75) is 38.1 Å². The summed E-state index contributed by atoms with van der Waals surface area (Å²) in [6.07, 6.45) is 7.35. The number of nitrogens with one attached hydrogen (secondary N) is 1. The third-order valence-corrected chi connectivity index (χ3v) is 4.88. The summed E-state index contributed by atoms with van der Waals surface area (Å²) in [5.74, 6) is 1.33. The van der Waals surface area contributed by atoms with Crippen LogP contribution in [0.3, 0.4) is 0 Å². The number of hydrogen-bond acceptors (Lipinski definition) is 4. The average Bonchev–Trinajstić information content (AvgIpc) is 2.89. The Balaban J connectivity index is 1.88. The number of thiocarbonyl (C=S) groups is 1. The SMILES string of the molecule is COc1ccc(OC)c(C=C2NC(=S)N(C3CCCCC3)C2=O)c1. The van der Waals surface area contributed by atoms with Gasteiger partial charge in [0, 0.05) is 11.6 Å². The van der Waals surface area contributed by atoms with E-state index in [1.165, 1.54) is 6.42 Å². The van der Waals surface area contributed by atoms with E-state index in [0.717, 1.165) is 31.2 Å². The molecule has 1 saturated heterocycles. The molecule has 2 fully saturated rings. The van der Waals surface area contributed by atoms with E-state index >= 15 is 0 Å². The fourth-order valence-corrected chi connectivity index (χ4v) is 3.67. The maximum Gasteiger partial charge on any atom is 0.276 e. The van der Waals surface area contributed by atoms with E-state index in [4.69, 9.17) is 21.7 Å². The number of hydrogen-bond donors (Lipinski definition) is 1. The summed E-state index contributed by atoms with van der Waals surface area (Å²) in [4.78, 5) is 14.6. The molecule has 1 aliphatic carbocycles. The van der Waals surface area contributed by atoms with Gasteiger partial charge in [-0.25, -0.2) is 0 Å². The van der Waals surface area contributed by atoms with E-state index in [0.29, 0.717) is 22.3 Å².